The summed E-state index contributed by atoms with van der Waals surface area (Å²) in [4.78, 5) is 16.1. The molecule has 3 rings (SSSR count). The third-order valence-corrected chi connectivity index (χ3v) is 5.23. The molecule has 1 aliphatic rings. The molecule has 2 heterocycles. The zero-order valence-corrected chi connectivity index (χ0v) is 14.8. The lowest BCUT2D eigenvalue weighted by atomic mass is 9.92. The van der Waals surface area contributed by atoms with E-state index < -0.39 is 0 Å². The van der Waals surface area contributed by atoms with Crippen LogP contribution < -0.4 is 0 Å². The molecule has 0 N–H and O–H groups in total. The summed E-state index contributed by atoms with van der Waals surface area (Å²) in [6.45, 7) is 5.35. The SMILES string of the molecule is CC1(C)C[C@H](N(Cc2cccs2)C(=O)c2ccc(F)cc2)CCO1. The molecule has 3 nitrogen and oxygen atoms in total. The van der Waals surface area contributed by atoms with E-state index in [2.05, 4.69) is 13.8 Å². The Morgan fingerprint density at radius 2 is 2.08 bits per heavy atom. The van der Waals surface area contributed by atoms with Gasteiger partial charge in [0.25, 0.3) is 5.91 Å². The number of ether oxygens (including phenoxy) is 1. The molecule has 0 aliphatic carbocycles. The van der Waals surface area contributed by atoms with Crippen LogP contribution in [0.15, 0.2) is 41.8 Å². The van der Waals surface area contributed by atoms with Crippen molar-refractivity contribution in [3.8, 4) is 0 Å². The molecule has 0 radical (unpaired) electrons. The van der Waals surface area contributed by atoms with Crippen molar-refractivity contribution in [1.82, 2.24) is 4.90 Å². The van der Waals surface area contributed by atoms with Gasteiger partial charge in [-0.15, -0.1) is 11.3 Å². The molecule has 1 aliphatic heterocycles. The molecule has 1 saturated heterocycles. The number of carbonyl (C=O) groups is 1. The predicted octanol–water partition coefficient (Wildman–Crippen LogP) is 4.49. The lowest BCUT2D eigenvalue weighted by molar-refractivity contribution is -0.0791. The zero-order valence-electron chi connectivity index (χ0n) is 14.0. The zero-order chi connectivity index (χ0) is 17.2. The lowest BCUT2D eigenvalue weighted by Crippen LogP contribution is -2.48. The minimum Gasteiger partial charge on any atom is -0.375 e. The summed E-state index contributed by atoms with van der Waals surface area (Å²) in [5.74, 6) is -0.380. The number of hydrogen-bond donors (Lipinski definition) is 0. The molecular formula is C19H22FNO2S. The maximum atomic E-state index is 13.2. The number of hydrogen-bond acceptors (Lipinski definition) is 3. The van der Waals surface area contributed by atoms with E-state index in [1.165, 1.54) is 12.1 Å². The summed E-state index contributed by atoms with van der Waals surface area (Å²) >= 11 is 1.65. The first-order valence-corrected chi connectivity index (χ1v) is 9.05. The second-order valence-corrected chi connectivity index (χ2v) is 7.81. The van der Waals surface area contributed by atoms with E-state index in [-0.39, 0.29) is 23.4 Å². The molecule has 1 atom stereocenters. The second kappa shape index (κ2) is 7.03. The Labute approximate surface area is 146 Å². The van der Waals surface area contributed by atoms with Gasteiger partial charge >= 0.3 is 0 Å². The third kappa shape index (κ3) is 4.02. The minimum atomic E-state index is -0.330. The third-order valence-electron chi connectivity index (χ3n) is 4.37. The first kappa shape index (κ1) is 17.1. The Balaban J connectivity index is 1.86. The van der Waals surface area contributed by atoms with Crippen molar-refractivity contribution in [2.75, 3.05) is 6.61 Å². The summed E-state index contributed by atoms with van der Waals surface area (Å²) in [5, 5.41) is 2.02. The normalized spacial score (nSPS) is 19.9. The van der Waals surface area contributed by atoms with E-state index >= 15 is 0 Å². The van der Waals surface area contributed by atoms with Crippen LogP contribution in [0.4, 0.5) is 4.39 Å². The number of thiophene rings is 1. The molecule has 0 saturated carbocycles. The van der Waals surface area contributed by atoms with E-state index in [0.717, 1.165) is 17.7 Å². The van der Waals surface area contributed by atoms with Crippen LogP contribution in [0.5, 0.6) is 0 Å². The standard InChI is InChI=1S/C19H22FNO2S/c1-19(2)12-16(9-10-23-19)21(13-17-4-3-11-24-17)18(22)14-5-7-15(20)8-6-14/h3-8,11,16H,9-10,12-13H2,1-2H3/t16-/m1/s1. The van der Waals surface area contributed by atoms with Gasteiger partial charge in [-0.1, -0.05) is 6.07 Å². The Bertz CT molecular complexity index is 682. The van der Waals surface area contributed by atoms with E-state index in [9.17, 15) is 9.18 Å². The Morgan fingerprint density at radius 1 is 1.33 bits per heavy atom. The van der Waals surface area contributed by atoms with Crippen molar-refractivity contribution in [3.63, 3.8) is 0 Å². The van der Waals surface area contributed by atoms with Gasteiger partial charge in [0.2, 0.25) is 0 Å². The van der Waals surface area contributed by atoms with E-state index in [1.54, 1.807) is 23.5 Å². The van der Waals surface area contributed by atoms with Crippen molar-refractivity contribution in [1.29, 1.82) is 0 Å². The van der Waals surface area contributed by atoms with E-state index in [0.29, 0.717) is 18.7 Å². The molecule has 5 heteroatoms. The fourth-order valence-electron chi connectivity index (χ4n) is 3.16. The molecule has 0 unspecified atom stereocenters. The summed E-state index contributed by atoms with van der Waals surface area (Å²) in [6, 6.07) is 9.95. The maximum Gasteiger partial charge on any atom is 0.254 e. The average molecular weight is 347 g/mol. The van der Waals surface area contributed by atoms with Crippen LogP contribution in [0, 0.1) is 5.82 Å². The van der Waals surface area contributed by atoms with Crippen LogP contribution in [0.2, 0.25) is 0 Å². The Kier molecular flexibility index (Phi) is 5.01. The van der Waals surface area contributed by atoms with Gasteiger partial charge in [0.15, 0.2) is 0 Å². The largest absolute Gasteiger partial charge is 0.375 e. The molecule has 1 fully saturated rings. The fourth-order valence-corrected chi connectivity index (χ4v) is 3.86. The average Bonchev–Trinajstić information content (AvgIpc) is 3.05. The van der Waals surface area contributed by atoms with Gasteiger partial charge in [-0.3, -0.25) is 4.79 Å². The highest BCUT2D eigenvalue weighted by atomic mass is 32.1. The molecular weight excluding hydrogens is 325 g/mol. The van der Waals surface area contributed by atoms with Crippen molar-refractivity contribution in [2.45, 2.75) is 44.9 Å². The van der Waals surface area contributed by atoms with Gasteiger partial charge in [-0.25, -0.2) is 4.39 Å². The minimum absolute atomic E-state index is 0.0499. The summed E-state index contributed by atoms with van der Waals surface area (Å²) < 4.78 is 19.0. The molecule has 0 spiro atoms. The summed E-state index contributed by atoms with van der Waals surface area (Å²) in [5.41, 5.74) is 0.289. The molecule has 24 heavy (non-hydrogen) atoms. The van der Waals surface area contributed by atoms with Crippen molar-refractivity contribution in [2.24, 2.45) is 0 Å². The van der Waals surface area contributed by atoms with Crippen molar-refractivity contribution >= 4 is 17.2 Å². The van der Waals surface area contributed by atoms with Crippen LogP contribution in [0.25, 0.3) is 0 Å². The summed E-state index contributed by atoms with van der Waals surface area (Å²) in [7, 11) is 0. The van der Waals surface area contributed by atoms with Crippen LogP contribution in [0.3, 0.4) is 0 Å². The molecule has 128 valence electrons. The Morgan fingerprint density at radius 3 is 2.71 bits per heavy atom. The van der Waals surface area contributed by atoms with Crippen LogP contribution in [0.1, 0.15) is 41.9 Å². The second-order valence-electron chi connectivity index (χ2n) is 6.77. The number of benzene rings is 1. The number of amides is 1. The van der Waals surface area contributed by atoms with Gasteiger partial charge in [0.1, 0.15) is 5.82 Å². The van der Waals surface area contributed by atoms with E-state index in [4.69, 9.17) is 4.74 Å². The number of rotatable bonds is 4. The molecule has 0 bridgehead atoms. The first-order chi connectivity index (χ1) is 11.4. The smallest absolute Gasteiger partial charge is 0.254 e. The topological polar surface area (TPSA) is 29.5 Å². The fraction of sp³-hybridized carbons (Fsp3) is 0.421. The quantitative estimate of drug-likeness (QED) is 0.816. The predicted molar refractivity (Wildman–Crippen MR) is 93.6 cm³/mol. The lowest BCUT2D eigenvalue weighted by Gasteiger charge is -2.41. The van der Waals surface area contributed by atoms with Gasteiger partial charge in [-0.05, 0) is 62.4 Å². The Hall–Kier alpha value is -1.72. The maximum absolute atomic E-state index is 13.2. The highest BCUT2D eigenvalue weighted by molar-refractivity contribution is 7.09. The molecule has 2 aromatic rings. The molecule has 1 amide bonds. The molecule has 1 aromatic heterocycles. The highest BCUT2D eigenvalue weighted by Gasteiger charge is 2.34. The van der Waals surface area contributed by atoms with Gasteiger partial charge < -0.3 is 9.64 Å². The van der Waals surface area contributed by atoms with Crippen molar-refractivity contribution < 1.29 is 13.9 Å². The van der Waals surface area contributed by atoms with Crippen LogP contribution >= 0.6 is 11.3 Å². The van der Waals surface area contributed by atoms with Gasteiger partial charge in [0, 0.05) is 23.1 Å². The van der Waals surface area contributed by atoms with E-state index in [1.807, 2.05) is 22.4 Å². The van der Waals surface area contributed by atoms with Gasteiger partial charge in [0.05, 0.1) is 12.1 Å². The van der Waals surface area contributed by atoms with Crippen molar-refractivity contribution in [3.05, 3.63) is 58.0 Å². The van der Waals surface area contributed by atoms with Crippen LogP contribution in [-0.4, -0.2) is 29.1 Å². The summed E-state index contributed by atoms with van der Waals surface area (Å²) in [6.07, 6.45) is 1.62. The first-order valence-electron chi connectivity index (χ1n) is 8.17. The number of halogens is 1. The van der Waals surface area contributed by atoms with Crippen LogP contribution in [-0.2, 0) is 11.3 Å². The number of nitrogens with zero attached hydrogens (tertiary/aromatic N) is 1. The highest BCUT2D eigenvalue weighted by Crippen LogP contribution is 2.30. The molecule has 1 aromatic carbocycles. The monoisotopic (exact) mass is 347 g/mol. The van der Waals surface area contributed by atoms with Gasteiger partial charge in [-0.2, -0.15) is 0 Å². The number of carbonyl (C=O) groups excluding carboxylic acids is 1.